The maximum Gasteiger partial charge on any atom is 0.336 e. The van der Waals surface area contributed by atoms with Crippen molar-refractivity contribution in [3.8, 4) is 0 Å². The van der Waals surface area contributed by atoms with Crippen molar-refractivity contribution in [1.82, 2.24) is 0 Å². The van der Waals surface area contributed by atoms with Crippen LogP contribution in [-0.2, 0) is 0 Å². The maximum atomic E-state index is 13.0. The molecule has 0 spiro atoms. The van der Waals surface area contributed by atoms with Gasteiger partial charge in [0.15, 0.2) is 0 Å². The monoisotopic (exact) mass is 385 g/mol. The third kappa shape index (κ3) is 3.13. The number of benzene rings is 2. The molecule has 0 radical (unpaired) electrons. The predicted octanol–water partition coefficient (Wildman–Crippen LogP) is 3.38. The molecule has 0 aliphatic heterocycles. The minimum absolute atomic E-state index is 0.0557. The van der Waals surface area contributed by atoms with Gasteiger partial charge in [-0.05, 0) is 52.9 Å². The van der Waals surface area contributed by atoms with Crippen LogP contribution in [-0.4, -0.2) is 17.0 Å². The molecule has 2 rings (SSSR count). The highest BCUT2D eigenvalue weighted by atomic mass is 127. The lowest BCUT2D eigenvalue weighted by molar-refractivity contribution is 0.0692. The number of carbonyl (C=O) groups is 2. The maximum absolute atomic E-state index is 13.0. The summed E-state index contributed by atoms with van der Waals surface area (Å²) in [6.45, 7) is 0. The summed E-state index contributed by atoms with van der Waals surface area (Å²) >= 11 is 1.89. The van der Waals surface area contributed by atoms with Crippen LogP contribution >= 0.6 is 22.6 Å². The molecule has 0 aliphatic rings. The van der Waals surface area contributed by atoms with Crippen LogP contribution in [0.4, 0.5) is 10.1 Å². The Kier molecular flexibility index (Phi) is 4.33. The zero-order valence-electron chi connectivity index (χ0n) is 10.1. The summed E-state index contributed by atoms with van der Waals surface area (Å²) in [5, 5.41) is 11.6. The van der Waals surface area contributed by atoms with E-state index in [1.807, 2.05) is 22.6 Å². The molecule has 0 saturated carbocycles. The van der Waals surface area contributed by atoms with Crippen LogP contribution in [0.15, 0.2) is 42.5 Å². The Morgan fingerprint density at radius 3 is 2.35 bits per heavy atom. The normalized spacial score (nSPS) is 10.1. The Morgan fingerprint density at radius 2 is 1.75 bits per heavy atom. The molecule has 0 unspecified atom stereocenters. The number of carbonyl (C=O) groups excluding carboxylic acids is 1. The molecule has 0 aromatic heterocycles. The number of carboxylic acid groups (broad SMARTS) is 1. The van der Waals surface area contributed by atoms with Gasteiger partial charge < -0.3 is 10.4 Å². The fourth-order valence-corrected chi connectivity index (χ4v) is 2.26. The van der Waals surface area contributed by atoms with E-state index in [4.69, 9.17) is 5.11 Å². The molecule has 2 aromatic rings. The number of anilines is 1. The van der Waals surface area contributed by atoms with E-state index < -0.39 is 17.7 Å². The molecule has 1 amide bonds. The van der Waals surface area contributed by atoms with Crippen LogP contribution in [0, 0.1) is 9.39 Å². The highest BCUT2D eigenvalue weighted by Gasteiger charge is 2.16. The lowest BCUT2D eigenvalue weighted by atomic mass is 10.1. The summed E-state index contributed by atoms with van der Waals surface area (Å²) in [5.74, 6) is -2.13. The van der Waals surface area contributed by atoms with Crippen molar-refractivity contribution >= 4 is 40.2 Å². The standard InChI is InChI=1S/C14H9FINO3/c15-8-5-6-12(11(16)7-8)17-13(18)9-3-1-2-4-10(9)14(19)20/h1-7H,(H,17,18)(H,19,20). The second kappa shape index (κ2) is 6.00. The van der Waals surface area contributed by atoms with Gasteiger partial charge in [0.25, 0.3) is 5.91 Å². The van der Waals surface area contributed by atoms with Crippen molar-refractivity contribution in [2.45, 2.75) is 0 Å². The second-order valence-corrected chi connectivity index (χ2v) is 5.09. The average Bonchev–Trinajstić information content (AvgIpc) is 2.41. The van der Waals surface area contributed by atoms with Gasteiger partial charge in [0.1, 0.15) is 5.82 Å². The van der Waals surface area contributed by atoms with Crippen molar-refractivity contribution in [2.24, 2.45) is 0 Å². The lowest BCUT2D eigenvalue weighted by Crippen LogP contribution is -2.17. The molecule has 0 atom stereocenters. The molecule has 20 heavy (non-hydrogen) atoms. The summed E-state index contributed by atoms with van der Waals surface area (Å²) < 4.78 is 13.5. The van der Waals surface area contributed by atoms with Gasteiger partial charge in [-0.2, -0.15) is 0 Å². The summed E-state index contributed by atoms with van der Waals surface area (Å²) in [5.41, 5.74) is 0.402. The van der Waals surface area contributed by atoms with E-state index in [2.05, 4.69) is 5.32 Å². The molecule has 6 heteroatoms. The van der Waals surface area contributed by atoms with Crippen molar-refractivity contribution in [3.63, 3.8) is 0 Å². The minimum Gasteiger partial charge on any atom is -0.478 e. The van der Waals surface area contributed by atoms with Crippen LogP contribution < -0.4 is 5.32 Å². The fraction of sp³-hybridized carbons (Fsp3) is 0. The van der Waals surface area contributed by atoms with Gasteiger partial charge in [-0.1, -0.05) is 12.1 Å². The third-order valence-electron chi connectivity index (χ3n) is 2.58. The minimum atomic E-state index is -1.18. The van der Waals surface area contributed by atoms with Crippen molar-refractivity contribution in [1.29, 1.82) is 0 Å². The third-order valence-corrected chi connectivity index (χ3v) is 3.47. The van der Waals surface area contributed by atoms with E-state index in [-0.39, 0.29) is 11.1 Å². The molecule has 0 saturated heterocycles. The van der Waals surface area contributed by atoms with Crippen LogP contribution in [0.2, 0.25) is 0 Å². The van der Waals surface area contributed by atoms with Gasteiger partial charge in [0, 0.05) is 3.57 Å². The molecular formula is C14H9FINO3. The Labute approximate surface area is 127 Å². The molecule has 0 heterocycles. The molecule has 0 fully saturated rings. The molecular weight excluding hydrogens is 376 g/mol. The van der Waals surface area contributed by atoms with E-state index in [1.165, 1.54) is 30.3 Å². The van der Waals surface area contributed by atoms with Crippen molar-refractivity contribution in [3.05, 3.63) is 63.0 Å². The van der Waals surface area contributed by atoms with Crippen LogP contribution in [0.3, 0.4) is 0 Å². The van der Waals surface area contributed by atoms with E-state index in [9.17, 15) is 14.0 Å². The summed E-state index contributed by atoms with van der Waals surface area (Å²) in [7, 11) is 0. The Balaban J connectivity index is 2.31. The largest absolute Gasteiger partial charge is 0.478 e. The summed E-state index contributed by atoms with van der Waals surface area (Å²) in [6, 6.07) is 9.83. The second-order valence-electron chi connectivity index (χ2n) is 3.93. The summed E-state index contributed by atoms with van der Waals surface area (Å²) in [6.07, 6.45) is 0. The number of rotatable bonds is 3. The molecule has 102 valence electrons. The van der Waals surface area contributed by atoms with Crippen LogP contribution in [0.25, 0.3) is 0 Å². The van der Waals surface area contributed by atoms with Crippen LogP contribution in [0.5, 0.6) is 0 Å². The van der Waals surface area contributed by atoms with Gasteiger partial charge in [-0.15, -0.1) is 0 Å². The molecule has 2 N–H and O–H groups in total. The molecule has 0 aliphatic carbocycles. The van der Waals surface area contributed by atoms with Gasteiger partial charge in [-0.3, -0.25) is 4.79 Å². The number of amides is 1. The quantitative estimate of drug-likeness (QED) is 0.797. The molecule has 0 bridgehead atoms. The van der Waals surface area contributed by atoms with Gasteiger partial charge in [0.2, 0.25) is 0 Å². The Hall–Kier alpha value is -1.96. The highest BCUT2D eigenvalue weighted by molar-refractivity contribution is 14.1. The first kappa shape index (κ1) is 14.4. The average molecular weight is 385 g/mol. The van der Waals surface area contributed by atoms with E-state index in [1.54, 1.807) is 12.1 Å². The van der Waals surface area contributed by atoms with Crippen molar-refractivity contribution in [2.75, 3.05) is 5.32 Å². The SMILES string of the molecule is O=C(O)c1ccccc1C(=O)Nc1ccc(F)cc1I. The smallest absolute Gasteiger partial charge is 0.336 e. The zero-order valence-corrected chi connectivity index (χ0v) is 12.2. The van der Waals surface area contributed by atoms with Gasteiger partial charge in [0.05, 0.1) is 16.8 Å². The number of nitrogens with one attached hydrogen (secondary N) is 1. The lowest BCUT2D eigenvalue weighted by Gasteiger charge is -2.09. The molecule has 4 nitrogen and oxygen atoms in total. The zero-order chi connectivity index (χ0) is 14.7. The first-order chi connectivity index (χ1) is 9.49. The predicted molar refractivity (Wildman–Crippen MR) is 80.5 cm³/mol. The topological polar surface area (TPSA) is 66.4 Å². The van der Waals surface area contributed by atoms with E-state index in [0.717, 1.165) is 0 Å². The van der Waals surface area contributed by atoms with E-state index in [0.29, 0.717) is 9.26 Å². The summed E-state index contributed by atoms with van der Waals surface area (Å²) in [4.78, 5) is 23.2. The number of hydrogen-bond acceptors (Lipinski definition) is 2. The van der Waals surface area contributed by atoms with Crippen LogP contribution in [0.1, 0.15) is 20.7 Å². The number of carboxylic acids is 1. The fourth-order valence-electron chi connectivity index (χ4n) is 1.65. The number of halogens is 2. The van der Waals surface area contributed by atoms with Crippen molar-refractivity contribution < 1.29 is 19.1 Å². The number of aromatic carboxylic acids is 1. The Bertz CT molecular complexity index is 688. The molecule has 2 aromatic carbocycles. The van der Waals surface area contributed by atoms with E-state index >= 15 is 0 Å². The first-order valence-corrected chi connectivity index (χ1v) is 6.65. The van der Waals surface area contributed by atoms with Gasteiger partial charge in [-0.25, -0.2) is 9.18 Å². The Morgan fingerprint density at radius 1 is 1.10 bits per heavy atom. The van der Waals surface area contributed by atoms with Gasteiger partial charge >= 0.3 is 5.97 Å². The first-order valence-electron chi connectivity index (χ1n) is 5.58. The highest BCUT2D eigenvalue weighted by Crippen LogP contribution is 2.20. The number of hydrogen-bond donors (Lipinski definition) is 2.